The molecule has 0 unspecified atom stereocenters. The van der Waals surface area contributed by atoms with Crippen LogP contribution in [0.1, 0.15) is 35.3 Å². The number of carbonyl (C=O) groups excluding carboxylic acids is 2. The lowest BCUT2D eigenvalue weighted by Gasteiger charge is -2.11. The van der Waals surface area contributed by atoms with Crippen LogP contribution in [0.5, 0.6) is 0 Å². The van der Waals surface area contributed by atoms with Crippen LogP contribution in [0.2, 0.25) is 0 Å². The molecule has 9 heteroatoms. The third-order valence-corrected chi connectivity index (χ3v) is 6.20. The number of hydrogen-bond acceptors (Lipinski definition) is 4. The van der Waals surface area contributed by atoms with Crippen LogP contribution in [0.25, 0.3) is 0 Å². The summed E-state index contributed by atoms with van der Waals surface area (Å²) in [5.41, 5.74) is 2.54. The molecule has 3 amide bonds. The van der Waals surface area contributed by atoms with E-state index in [2.05, 4.69) is 20.7 Å². The maximum Gasteiger partial charge on any atom is 0.319 e. The van der Waals surface area contributed by atoms with Crippen molar-refractivity contribution >= 4 is 27.6 Å². The van der Waals surface area contributed by atoms with Gasteiger partial charge in [-0.3, -0.25) is 4.79 Å². The number of hydrogen-bond donors (Lipinski definition) is 4. The van der Waals surface area contributed by atoms with Gasteiger partial charge in [0.25, 0.3) is 5.91 Å². The molecule has 0 aliphatic heterocycles. The predicted octanol–water partition coefficient (Wildman–Crippen LogP) is 3.63. The molecule has 8 nitrogen and oxygen atoms in total. The van der Waals surface area contributed by atoms with E-state index in [4.69, 9.17) is 0 Å². The van der Waals surface area contributed by atoms with Gasteiger partial charge in [0.05, 0.1) is 4.90 Å². The molecule has 3 aromatic carbocycles. The second-order valence-electron chi connectivity index (χ2n) is 7.97. The van der Waals surface area contributed by atoms with Crippen molar-refractivity contribution in [3.8, 4) is 0 Å². The summed E-state index contributed by atoms with van der Waals surface area (Å²) in [7, 11) is -3.77. The SMILES string of the molecule is CC(C)NC(=O)Nc1ccc(CNC(=O)c2cccc(S(=O)(=O)NCc3ccccc3)c2)cc1. The van der Waals surface area contributed by atoms with Gasteiger partial charge in [0.2, 0.25) is 10.0 Å². The molecule has 0 saturated heterocycles. The first-order valence-electron chi connectivity index (χ1n) is 10.8. The third kappa shape index (κ3) is 7.43. The van der Waals surface area contributed by atoms with Crippen molar-refractivity contribution in [1.82, 2.24) is 15.4 Å². The lowest BCUT2D eigenvalue weighted by molar-refractivity contribution is 0.0950. The summed E-state index contributed by atoms with van der Waals surface area (Å²) in [6, 6.07) is 21.9. The molecule has 3 aromatic rings. The zero-order chi connectivity index (χ0) is 24.6. The van der Waals surface area contributed by atoms with E-state index in [9.17, 15) is 18.0 Å². The molecule has 0 aliphatic carbocycles. The quantitative estimate of drug-likeness (QED) is 0.374. The highest BCUT2D eigenvalue weighted by Crippen LogP contribution is 2.14. The summed E-state index contributed by atoms with van der Waals surface area (Å²) in [5, 5.41) is 8.26. The van der Waals surface area contributed by atoms with E-state index >= 15 is 0 Å². The van der Waals surface area contributed by atoms with Crippen molar-refractivity contribution in [2.45, 2.75) is 37.9 Å². The number of amides is 3. The van der Waals surface area contributed by atoms with Crippen molar-refractivity contribution in [3.63, 3.8) is 0 Å². The minimum absolute atomic E-state index is 0.0196. The number of carbonyl (C=O) groups is 2. The normalized spacial score (nSPS) is 11.1. The molecule has 34 heavy (non-hydrogen) atoms. The fourth-order valence-electron chi connectivity index (χ4n) is 3.08. The van der Waals surface area contributed by atoms with Gasteiger partial charge < -0.3 is 16.0 Å². The van der Waals surface area contributed by atoms with E-state index in [0.29, 0.717) is 5.69 Å². The van der Waals surface area contributed by atoms with Crippen LogP contribution in [0, 0.1) is 0 Å². The average molecular weight is 481 g/mol. The zero-order valence-corrected chi connectivity index (χ0v) is 19.9. The lowest BCUT2D eigenvalue weighted by atomic mass is 10.2. The largest absolute Gasteiger partial charge is 0.348 e. The van der Waals surface area contributed by atoms with Crippen LogP contribution < -0.4 is 20.7 Å². The Morgan fingerprint density at radius 3 is 2.18 bits per heavy atom. The molecule has 0 aliphatic rings. The smallest absolute Gasteiger partial charge is 0.319 e. The van der Waals surface area contributed by atoms with E-state index < -0.39 is 15.9 Å². The van der Waals surface area contributed by atoms with E-state index in [0.717, 1.165) is 11.1 Å². The molecule has 0 heterocycles. The van der Waals surface area contributed by atoms with Gasteiger partial charge in [-0.1, -0.05) is 48.5 Å². The van der Waals surface area contributed by atoms with E-state index in [1.807, 2.05) is 44.2 Å². The molecule has 0 saturated carbocycles. The van der Waals surface area contributed by atoms with Crippen LogP contribution in [-0.2, 0) is 23.1 Å². The summed E-state index contributed by atoms with van der Waals surface area (Å²) in [5.74, 6) is -0.390. The Hall–Kier alpha value is -3.69. The Labute approximate surface area is 199 Å². The zero-order valence-electron chi connectivity index (χ0n) is 19.0. The fraction of sp³-hybridized carbons (Fsp3) is 0.200. The molecule has 0 aromatic heterocycles. The van der Waals surface area contributed by atoms with E-state index in [1.54, 1.807) is 30.3 Å². The molecular formula is C25H28N4O4S. The first-order chi connectivity index (χ1) is 16.2. The Balaban J connectivity index is 1.57. The standard InChI is InChI=1S/C25H28N4O4S/c1-18(2)28-25(31)29-22-13-11-20(12-14-22)16-26-24(30)21-9-6-10-23(15-21)34(32,33)27-17-19-7-4-3-5-8-19/h3-15,18,27H,16-17H2,1-2H3,(H,26,30)(H2,28,29,31). The lowest BCUT2D eigenvalue weighted by Crippen LogP contribution is -2.34. The molecule has 3 rings (SSSR count). The van der Waals surface area contributed by atoms with Crippen molar-refractivity contribution in [2.75, 3.05) is 5.32 Å². The Morgan fingerprint density at radius 2 is 1.50 bits per heavy atom. The molecule has 0 fully saturated rings. The first-order valence-corrected chi connectivity index (χ1v) is 12.3. The molecule has 0 spiro atoms. The minimum atomic E-state index is -3.77. The molecule has 4 N–H and O–H groups in total. The maximum absolute atomic E-state index is 12.6. The predicted molar refractivity (Wildman–Crippen MR) is 132 cm³/mol. The first kappa shape index (κ1) is 24.9. The van der Waals surface area contributed by atoms with Crippen LogP contribution in [0.4, 0.5) is 10.5 Å². The van der Waals surface area contributed by atoms with Gasteiger partial charge in [-0.05, 0) is 55.3 Å². The van der Waals surface area contributed by atoms with Crippen molar-refractivity contribution in [3.05, 3.63) is 95.6 Å². The van der Waals surface area contributed by atoms with Crippen molar-refractivity contribution < 1.29 is 18.0 Å². The summed E-state index contributed by atoms with van der Waals surface area (Å²) >= 11 is 0. The second kappa shape index (κ2) is 11.4. The monoisotopic (exact) mass is 480 g/mol. The minimum Gasteiger partial charge on any atom is -0.348 e. The highest BCUT2D eigenvalue weighted by Gasteiger charge is 2.16. The summed E-state index contributed by atoms with van der Waals surface area (Å²) in [6.07, 6.45) is 0. The van der Waals surface area contributed by atoms with Gasteiger partial charge in [0, 0.05) is 30.4 Å². The Morgan fingerprint density at radius 1 is 0.824 bits per heavy atom. The maximum atomic E-state index is 12.6. The highest BCUT2D eigenvalue weighted by atomic mass is 32.2. The molecule has 178 valence electrons. The average Bonchev–Trinajstić information content (AvgIpc) is 2.82. The molecule has 0 radical (unpaired) electrons. The fourth-order valence-corrected chi connectivity index (χ4v) is 4.14. The Bertz CT molecular complexity index is 1230. The number of rotatable bonds is 9. The van der Waals surface area contributed by atoms with Crippen LogP contribution in [0.15, 0.2) is 83.8 Å². The Kier molecular flexibility index (Phi) is 8.39. The van der Waals surface area contributed by atoms with Gasteiger partial charge in [-0.2, -0.15) is 0 Å². The molecule has 0 bridgehead atoms. The molecular weight excluding hydrogens is 452 g/mol. The van der Waals surface area contributed by atoms with Gasteiger partial charge in [-0.25, -0.2) is 17.9 Å². The summed E-state index contributed by atoms with van der Waals surface area (Å²) < 4.78 is 27.9. The molecule has 0 atom stereocenters. The van der Waals surface area contributed by atoms with Crippen LogP contribution in [0.3, 0.4) is 0 Å². The highest BCUT2D eigenvalue weighted by molar-refractivity contribution is 7.89. The number of anilines is 1. The van der Waals surface area contributed by atoms with Gasteiger partial charge in [-0.15, -0.1) is 0 Å². The topological polar surface area (TPSA) is 116 Å². The summed E-state index contributed by atoms with van der Waals surface area (Å²) in [4.78, 5) is 24.4. The van der Waals surface area contributed by atoms with Gasteiger partial charge in [0.15, 0.2) is 0 Å². The second-order valence-corrected chi connectivity index (χ2v) is 9.74. The number of urea groups is 1. The number of benzene rings is 3. The van der Waals surface area contributed by atoms with Crippen molar-refractivity contribution in [1.29, 1.82) is 0 Å². The van der Waals surface area contributed by atoms with Crippen LogP contribution in [-0.4, -0.2) is 26.4 Å². The van der Waals surface area contributed by atoms with Crippen LogP contribution >= 0.6 is 0 Å². The summed E-state index contributed by atoms with van der Waals surface area (Å²) in [6.45, 7) is 4.15. The number of nitrogens with one attached hydrogen (secondary N) is 4. The van der Waals surface area contributed by atoms with E-state index in [-0.39, 0.29) is 35.6 Å². The van der Waals surface area contributed by atoms with E-state index in [1.165, 1.54) is 18.2 Å². The van der Waals surface area contributed by atoms with Gasteiger partial charge in [0.1, 0.15) is 0 Å². The number of sulfonamides is 1. The van der Waals surface area contributed by atoms with Gasteiger partial charge >= 0.3 is 6.03 Å². The third-order valence-electron chi connectivity index (χ3n) is 4.80. The van der Waals surface area contributed by atoms with Crippen molar-refractivity contribution in [2.24, 2.45) is 0 Å².